The van der Waals surface area contributed by atoms with Crippen LogP contribution in [0.1, 0.15) is 26.2 Å². The lowest BCUT2D eigenvalue weighted by Crippen LogP contribution is -2.50. The number of carbonyl (C=O) groups excluding carboxylic acids is 1. The Morgan fingerprint density at radius 3 is 2.56 bits per heavy atom. The van der Waals surface area contributed by atoms with Crippen molar-refractivity contribution in [3.8, 4) is 0 Å². The van der Waals surface area contributed by atoms with Crippen LogP contribution < -0.4 is 5.32 Å². The van der Waals surface area contributed by atoms with Crippen LogP contribution >= 0.6 is 0 Å². The molecular weight excluding hydrogens is 260 g/mol. The number of aliphatic carboxylic acids is 1. The number of rotatable bonds is 5. The van der Waals surface area contributed by atoms with Crippen LogP contribution in [0.2, 0.25) is 0 Å². The van der Waals surface area contributed by atoms with Crippen LogP contribution in [0.25, 0.3) is 0 Å². The molecule has 0 aromatic carbocycles. The van der Waals surface area contributed by atoms with Crippen molar-refractivity contribution in [2.75, 3.05) is 12.8 Å². The molecule has 1 saturated heterocycles. The molecule has 1 fully saturated rings. The molecule has 0 aromatic rings. The van der Waals surface area contributed by atoms with Crippen LogP contribution in [0.3, 0.4) is 0 Å². The number of carbonyl (C=O) groups is 2. The fourth-order valence-corrected chi connectivity index (χ4v) is 3.13. The second-order valence-corrected chi connectivity index (χ2v) is 6.27. The highest BCUT2D eigenvalue weighted by atomic mass is 32.2. The molecule has 1 aliphatic rings. The molecule has 104 valence electrons. The monoisotopic (exact) mass is 278 g/mol. The van der Waals surface area contributed by atoms with Gasteiger partial charge in [0.05, 0.1) is 6.26 Å². The summed E-state index contributed by atoms with van der Waals surface area (Å²) in [5, 5.41) is 11.2. The predicted molar refractivity (Wildman–Crippen MR) is 64.4 cm³/mol. The highest BCUT2D eigenvalue weighted by Crippen LogP contribution is 2.20. The van der Waals surface area contributed by atoms with E-state index in [9.17, 15) is 18.0 Å². The Balaban J connectivity index is 2.75. The lowest BCUT2D eigenvalue weighted by molar-refractivity contribution is -0.142. The summed E-state index contributed by atoms with van der Waals surface area (Å²) in [7, 11) is -3.43. The predicted octanol–water partition coefficient (Wildman–Crippen LogP) is -0.610. The molecule has 0 radical (unpaired) electrons. The van der Waals surface area contributed by atoms with Gasteiger partial charge < -0.3 is 10.4 Å². The molecule has 1 rings (SSSR count). The molecule has 8 heteroatoms. The molecule has 0 aromatic heterocycles. The standard InChI is InChI=1S/C10H18N2O5S/c1-3-7(10(14)15)11-9(13)8-5-4-6-12(8)18(2,16)17/h7-8H,3-6H2,1-2H3,(H,11,13)(H,14,15)/t7-,8?/m1/s1. The minimum atomic E-state index is -3.43. The zero-order valence-electron chi connectivity index (χ0n) is 10.4. The Hall–Kier alpha value is -1.15. The smallest absolute Gasteiger partial charge is 0.326 e. The third kappa shape index (κ3) is 3.42. The van der Waals surface area contributed by atoms with Gasteiger partial charge in [-0.3, -0.25) is 4.79 Å². The highest BCUT2D eigenvalue weighted by Gasteiger charge is 2.37. The van der Waals surface area contributed by atoms with Gasteiger partial charge in [0.2, 0.25) is 15.9 Å². The van der Waals surface area contributed by atoms with Gasteiger partial charge in [-0.2, -0.15) is 4.31 Å². The SMILES string of the molecule is CC[C@@H](NC(=O)C1CCCN1S(C)(=O)=O)C(=O)O. The maximum Gasteiger partial charge on any atom is 0.326 e. The normalized spacial score (nSPS) is 22.7. The molecule has 18 heavy (non-hydrogen) atoms. The molecule has 1 heterocycles. The zero-order chi connectivity index (χ0) is 13.9. The fraction of sp³-hybridized carbons (Fsp3) is 0.800. The number of amides is 1. The summed E-state index contributed by atoms with van der Waals surface area (Å²) in [4.78, 5) is 22.7. The maximum absolute atomic E-state index is 11.9. The van der Waals surface area contributed by atoms with Gasteiger partial charge in [-0.1, -0.05) is 6.92 Å². The van der Waals surface area contributed by atoms with Crippen LogP contribution in [0.5, 0.6) is 0 Å². The summed E-state index contributed by atoms with van der Waals surface area (Å²) < 4.78 is 24.1. The quantitative estimate of drug-likeness (QED) is 0.698. The minimum Gasteiger partial charge on any atom is -0.480 e. The molecule has 2 N–H and O–H groups in total. The summed E-state index contributed by atoms with van der Waals surface area (Å²) in [5.74, 6) is -1.65. The van der Waals surface area contributed by atoms with E-state index in [1.807, 2.05) is 0 Å². The molecule has 1 amide bonds. The van der Waals surface area contributed by atoms with E-state index in [2.05, 4.69) is 5.32 Å². The van der Waals surface area contributed by atoms with E-state index in [0.717, 1.165) is 10.6 Å². The highest BCUT2D eigenvalue weighted by molar-refractivity contribution is 7.88. The van der Waals surface area contributed by atoms with Gasteiger partial charge in [0.1, 0.15) is 12.1 Å². The first-order valence-corrected chi connectivity index (χ1v) is 7.62. The van der Waals surface area contributed by atoms with Gasteiger partial charge in [0.25, 0.3) is 0 Å². The van der Waals surface area contributed by atoms with Gasteiger partial charge in [0, 0.05) is 6.54 Å². The van der Waals surface area contributed by atoms with Gasteiger partial charge >= 0.3 is 5.97 Å². The average molecular weight is 278 g/mol. The molecule has 0 saturated carbocycles. The molecule has 7 nitrogen and oxygen atoms in total. The maximum atomic E-state index is 11.9. The van der Waals surface area contributed by atoms with Crippen LogP contribution in [0.15, 0.2) is 0 Å². The fourth-order valence-electron chi connectivity index (χ4n) is 2.01. The van der Waals surface area contributed by atoms with Crippen molar-refractivity contribution in [2.24, 2.45) is 0 Å². The molecule has 0 spiro atoms. The Bertz CT molecular complexity index is 434. The van der Waals surface area contributed by atoms with E-state index in [1.54, 1.807) is 6.92 Å². The number of nitrogens with zero attached hydrogens (tertiary/aromatic N) is 1. The van der Waals surface area contributed by atoms with Gasteiger partial charge in [-0.15, -0.1) is 0 Å². The topological polar surface area (TPSA) is 104 Å². The van der Waals surface area contributed by atoms with Crippen LogP contribution in [0, 0.1) is 0 Å². The average Bonchev–Trinajstić information content (AvgIpc) is 2.73. The van der Waals surface area contributed by atoms with E-state index >= 15 is 0 Å². The van der Waals surface area contributed by atoms with Gasteiger partial charge in [-0.25, -0.2) is 13.2 Å². The first-order valence-electron chi connectivity index (χ1n) is 5.77. The Labute approximate surface area is 106 Å². The van der Waals surface area contributed by atoms with E-state index in [1.165, 1.54) is 0 Å². The van der Waals surface area contributed by atoms with Crippen molar-refractivity contribution in [3.63, 3.8) is 0 Å². The van der Waals surface area contributed by atoms with Gasteiger partial charge in [0.15, 0.2) is 0 Å². The molecule has 2 atom stereocenters. The molecular formula is C10H18N2O5S. The van der Waals surface area contributed by atoms with E-state index in [4.69, 9.17) is 5.11 Å². The Morgan fingerprint density at radius 1 is 1.50 bits per heavy atom. The van der Waals surface area contributed by atoms with E-state index < -0.39 is 34.0 Å². The Morgan fingerprint density at radius 2 is 2.11 bits per heavy atom. The van der Waals surface area contributed by atoms with Crippen LogP contribution in [0.4, 0.5) is 0 Å². The lowest BCUT2D eigenvalue weighted by Gasteiger charge is -2.23. The lowest BCUT2D eigenvalue weighted by atomic mass is 10.2. The third-order valence-electron chi connectivity index (χ3n) is 2.96. The second kappa shape index (κ2) is 5.66. The van der Waals surface area contributed by atoms with Crippen LogP contribution in [-0.2, 0) is 19.6 Å². The summed E-state index contributed by atoms with van der Waals surface area (Å²) >= 11 is 0. The number of hydrogen-bond donors (Lipinski definition) is 2. The summed E-state index contributed by atoms with van der Waals surface area (Å²) in [6.45, 7) is 1.95. The minimum absolute atomic E-state index is 0.257. The number of carboxylic acids is 1. The second-order valence-electron chi connectivity index (χ2n) is 4.34. The van der Waals surface area contributed by atoms with Crippen molar-refractivity contribution in [1.82, 2.24) is 9.62 Å². The first-order chi connectivity index (χ1) is 8.27. The molecule has 0 aliphatic carbocycles. The number of carboxylic acid groups (broad SMARTS) is 1. The summed E-state index contributed by atoms with van der Waals surface area (Å²) in [6, 6.07) is -1.76. The van der Waals surface area contributed by atoms with Crippen molar-refractivity contribution in [1.29, 1.82) is 0 Å². The number of nitrogens with one attached hydrogen (secondary N) is 1. The number of hydrogen-bond acceptors (Lipinski definition) is 4. The van der Waals surface area contributed by atoms with Crippen molar-refractivity contribution >= 4 is 21.9 Å². The zero-order valence-corrected chi connectivity index (χ0v) is 11.2. The van der Waals surface area contributed by atoms with E-state index in [-0.39, 0.29) is 6.42 Å². The number of sulfonamides is 1. The first kappa shape index (κ1) is 14.9. The van der Waals surface area contributed by atoms with Crippen molar-refractivity contribution in [3.05, 3.63) is 0 Å². The molecule has 0 bridgehead atoms. The largest absolute Gasteiger partial charge is 0.480 e. The summed E-state index contributed by atoms with van der Waals surface area (Å²) in [6.07, 6.45) is 2.34. The molecule has 1 aliphatic heterocycles. The van der Waals surface area contributed by atoms with Gasteiger partial charge in [-0.05, 0) is 19.3 Å². The van der Waals surface area contributed by atoms with Crippen molar-refractivity contribution in [2.45, 2.75) is 38.3 Å². The summed E-state index contributed by atoms with van der Waals surface area (Å²) in [5.41, 5.74) is 0. The van der Waals surface area contributed by atoms with Crippen molar-refractivity contribution < 1.29 is 23.1 Å². The third-order valence-corrected chi connectivity index (χ3v) is 4.24. The molecule has 1 unspecified atom stereocenters. The van der Waals surface area contributed by atoms with E-state index in [0.29, 0.717) is 19.4 Å². The van der Waals surface area contributed by atoms with Crippen LogP contribution in [-0.4, -0.2) is 54.6 Å². The Kier molecular flexibility index (Phi) is 4.69.